The maximum absolute atomic E-state index is 12.5. The highest BCUT2D eigenvalue weighted by atomic mass is 32.1. The van der Waals surface area contributed by atoms with Crippen LogP contribution < -0.4 is 5.32 Å². The molecule has 1 amide bonds. The van der Waals surface area contributed by atoms with Crippen molar-refractivity contribution in [1.82, 2.24) is 4.98 Å². The van der Waals surface area contributed by atoms with Gasteiger partial charge in [-0.1, -0.05) is 42.5 Å². The monoisotopic (exact) mass is 429 g/mol. The molecule has 1 heterocycles. The molecular formula is C23H15N3O4S. The molecule has 0 atom stereocenters. The average molecular weight is 429 g/mol. The Morgan fingerprint density at radius 1 is 0.839 bits per heavy atom. The summed E-state index contributed by atoms with van der Waals surface area (Å²) in [7, 11) is 0. The summed E-state index contributed by atoms with van der Waals surface area (Å²) >= 11 is 1.25. The van der Waals surface area contributed by atoms with Gasteiger partial charge in [0, 0.05) is 39.8 Å². The highest BCUT2D eigenvalue weighted by Gasteiger charge is 2.13. The summed E-state index contributed by atoms with van der Waals surface area (Å²) in [6, 6.07) is 21.4. The number of nitrogens with zero attached hydrogens (tertiary/aromatic N) is 2. The lowest BCUT2D eigenvalue weighted by Gasteiger charge is -2.04. The Morgan fingerprint density at radius 2 is 1.45 bits per heavy atom. The number of thiazole rings is 1. The van der Waals surface area contributed by atoms with E-state index in [4.69, 9.17) is 0 Å². The summed E-state index contributed by atoms with van der Waals surface area (Å²) in [4.78, 5) is 39.7. The maximum Gasteiger partial charge on any atom is 0.269 e. The SMILES string of the molecule is O=C(Nc1nc(-c2ccc([N+](=O)[O-])cc2)cs1)c1ccc(C(=O)c2ccccc2)cc1. The van der Waals surface area contributed by atoms with Gasteiger partial charge in [0.05, 0.1) is 10.6 Å². The van der Waals surface area contributed by atoms with E-state index in [1.54, 1.807) is 66.0 Å². The summed E-state index contributed by atoms with van der Waals surface area (Å²) in [5.74, 6) is -0.455. The Hall–Kier alpha value is -4.17. The Balaban J connectivity index is 1.44. The average Bonchev–Trinajstić information content (AvgIpc) is 3.27. The minimum Gasteiger partial charge on any atom is -0.298 e. The van der Waals surface area contributed by atoms with E-state index in [1.807, 2.05) is 6.07 Å². The van der Waals surface area contributed by atoms with Crippen molar-refractivity contribution < 1.29 is 14.5 Å². The van der Waals surface area contributed by atoms with Gasteiger partial charge in [-0.15, -0.1) is 11.3 Å². The normalized spacial score (nSPS) is 10.5. The van der Waals surface area contributed by atoms with Gasteiger partial charge in [-0.25, -0.2) is 4.98 Å². The number of benzene rings is 3. The molecule has 3 aromatic carbocycles. The predicted octanol–water partition coefficient (Wildman–Crippen LogP) is 5.20. The number of nitrogens with one attached hydrogen (secondary N) is 1. The minimum absolute atomic E-state index is 0.00157. The number of carbonyl (C=O) groups excluding carboxylic acids is 2. The van der Waals surface area contributed by atoms with Crippen molar-refractivity contribution in [1.29, 1.82) is 0 Å². The van der Waals surface area contributed by atoms with Crippen LogP contribution in [0, 0.1) is 10.1 Å². The number of non-ortho nitro benzene ring substituents is 1. The molecule has 0 spiro atoms. The first kappa shape index (κ1) is 20.1. The molecule has 0 saturated carbocycles. The number of hydrogen-bond donors (Lipinski definition) is 1. The van der Waals surface area contributed by atoms with Crippen LogP contribution in [0.4, 0.5) is 10.8 Å². The highest BCUT2D eigenvalue weighted by molar-refractivity contribution is 7.14. The van der Waals surface area contributed by atoms with E-state index in [9.17, 15) is 19.7 Å². The zero-order chi connectivity index (χ0) is 21.8. The molecule has 152 valence electrons. The Kier molecular flexibility index (Phi) is 5.63. The summed E-state index contributed by atoms with van der Waals surface area (Å²) in [5, 5.41) is 15.7. The molecule has 0 saturated heterocycles. The van der Waals surface area contributed by atoms with Gasteiger partial charge in [0.1, 0.15) is 0 Å². The van der Waals surface area contributed by atoms with E-state index in [2.05, 4.69) is 10.3 Å². The Bertz CT molecular complexity index is 1250. The Labute approximate surface area is 181 Å². The summed E-state index contributed by atoms with van der Waals surface area (Å²) < 4.78 is 0. The van der Waals surface area contributed by atoms with Crippen LogP contribution in [0.25, 0.3) is 11.3 Å². The molecule has 0 aliphatic carbocycles. The molecule has 0 fully saturated rings. The third kappa shape index (κ3) is 4.54. The number of nitro benzene ring substituents is 1. The molecule has 31 heavy (non-hydrogen) atoms. The molecule has 0 aliphatic heterocycles. The van der Waals surface area contributed by atoms with Crippen molar-refractivity contribution in [3.05, 3.63) is 111 Å². The molecular weight excluding hydrogens is 414 g/mol. The standard InChI is InChI=1S/C23H15N3O4S/c27-21(16-4-2-1-3-5-16)17-6-8-18(9-7-17)22(28)25-23-24-20(14-31-23)15-10-12-19(13-11-15)26(29)30/h1-14H,(H,24,25,28). The van der Waals surface area contributed by atoms with Crippen LogP contribution in [0.1, 0.15) is 26.3 Å². The van der Waals surface area contributed by atoms with Gasteiger partial charge in [0.25, 0.3) is 11.6 Å². The van der Waals surface area contributed by atoms with Gasteiger partial charge in [-0.3, -0.25) is 25.0 Å². The van der Waals surface area contributed by atoms with Crippen LogP contribution in [0.3, 0.4) is 0 Å². The first-order chi connectivity index (χ1) is 15.0. The van der Waals surface area contributed by atoms with E-state index in [0.29, 0.717) is 33.1 Å². The molecule has 4 aromatic rings. The Morgan fingerprint density at radius 3 is 2.10 bits per heavy atom. The number of hydrogen-bond acceptors (Lipinski definition) is 6. The summed E-state index contributed by atoms with van der Waals surface area (Å²) in [6.07, 6.45) is 0. The second-order valence-corrected chi connectivity index (χ2v) is 7.43. The van der Waals surface area contributed by atoms with E-state index < -0.39 is 4.92 Å². The van der Waals surface area contributed by atoms with E-state index >= 15 is 0 Å². The van der Waals surface area contributed by atoms with Crippen molar-refractivity contribution >= 4 is 33.8 Å². The molecule has 0 bridgehead atoms. The van der Waals surface area contributed by atoms with E-state index in [0.717, 1.165) is 0 Å². The van der Waals surface area contributed by atoms with Crippen molar-refractivity contribution in [2.24, 2.45) is 0 Å². The number of nitro groups is 1. The van der Waals surface area contributed by atoms with Gasteiger partial charge in [-0.05, 0) is 24.3 Å². The summed E-state index contributed by atoms with van der Waals surface area (Å²) in [6.45, 7) is 0. The fourth-order valence-corrected chi connectivity index (χ4v) is 3.63. The zero-order valence-corrected chi connectivity index (χ0v) is 16.8. The fraction of sp³-hybridized carbons (Fsp3) is 0. The van der Waals surface area contributed by atoms with Crippen LogP contribution in [0.2, 0.25) is 0 Å². The van der Waals surface area contributed by atoms with Crippen molar-refractivity contribution in [2.45, 2.75) is 0 Å². The molecule has 4 rings (SSSR count). The number of aromatic nitrogens is 1. The topological polar surface area (TPSA) is 102 Å². The van der Waals surface area contributed by atoms with Crippen molar-refractivity contribution in [3.63, 3.8) is 0 Å². The second kappa shape index (κ2) is 8.68. The number of amides is 1. The van der Waals surface area contributed by atoms with E-state index in [-0.39, 0.29) is 17.4 Å². The first-order valence-corrected chi connectivity index (χ1v) is 10.1. The lowest BCUT2D eigenvalue weighted by atomic mass is 10.0. The largest absolute Gasteiger partial charge is 0.298 e. The van der Waals surface area contributed by atoms with Crippen LogP contribution >= 0.6 is 11.3 Å². The molecule has 0 radical (unpaired) electrons. The number of rotatable bonds is 6. The quantitative estimate of drug-likeness (QED) is 0.258. The van der Waals surface area contributed by atoms with Crippen LogP contribution in [-0.2, 0) is 0 Å². The highest BCUT2D eigenvalue weighted by Crippen LogP contribution is 2.26. The van der Waals surface area contributed by atoms with E-state index in [1.165, 1.54) is 23.5 Å². The number of carbonyl (C=O) groups is 2. The molecule has 0 unspecified atom stereocenters. The number of ketones is 1. The van der Waals surface area contributed by atoms with Gasteiger partial charge in [0.15, 0.2) is 10.9 Å². The van der Waals surface area contributed by atoms with Crippen LogP contribution in [0.15, 0.2) is 84.2 Å². The van der Waals surface area contributed by atoms with Gasteiger partial charge in [0.2, 0.25) is 0 Å². The lowest BCUT2D eigenvalue weighted by Crippen LogP contribution is -2.12. The molecule has 8 heteroatoms. The first-order valence-electron chi connectivity index (χ1n) is 9.23. The second-order valence-electron chi connectivity index (χ2n) is 6.57. The summed E-state index contributed by atoms with van der Waals surface area (Å²) in [5.41, 5.74) is 2.81. The number of anilines is 1. The van der Waals surface area contributed by atoms with Gasteiger partial charge < -0.3 is 0 Å². The lowest BCUT2D eigenvalue weighted by molar-refractivity contribution is -0.384. The molecule has 0 aliphatic rings. The molecule has 1 aromatic heterocycles. The molecule has 7 nitrogen and oxygen atoms in total. The van der Waals surface area contributed by atoms with Gasteiger partial charge in [-0.2, -0.15) is 0 Å². The minimum atomic E-state index is -0.463. The predicted molar refractivity (Wildman–Crippen MR) is 118 cm³/mol. The third-order valence-corrected chi connectivity index (χ3v) is 5.30. The van der Waals surface area contributed by atoms with Crippen molar-refractivity contribution in [3.8, 4) is 11.3 Å². The van der Waals surface area contributed by atoms with Gasteiger partial charge >= 0.3 is 0 Å². The fourth-order valence-electron chi connectivity index (χ4n) is 2.92. The van der Waals surface area contributed by atoms with Crippen LogP contribution in [0.5, 0.6) is 0 Å². The molecule has 1 N–H and O–H groups in total. The smallest absolute Gasteiger partial charge is 0.269 e. The maximum atomic E-state index is 12.5. The third-order valence-electron chi connectivity index (χ3n) is 4.54. The van der Waals surface area contributed by atoms with Crippen LogP contribution in [-0.4, -0.2) is 21.6 Å². The van der Waals surface area contributed by atoms with Crippen molar-refractivity contribution in [2.75, 3.05) is 5.32 Å². The zero-order valence-electron chi connectivity index (χ0n) is 16.0.